The fraction of sp³-hybridized carbons (Fsp3) is 0.299. The maximum Gasteiger partial charge on any atom is 0.412 e. The van der Waals surface area contributed by atoms with Gasteiger partial charge in [0.2, 0.25) is 11.8 Å². The normalized spacial score (nSPS) is 12.0. The Hall–Kier alpha value is -9.90. The number of rotatable bonds is 40. The summed E-state index contributed by atoms with van der Waals surface area (Å²) >= 11 is 0. The molecule has 0 atom stereocenters. The Labute approximate surface area is 551 Å². The smallest absolute Gasteiger partial charge is 0.412 e. The zero-order chi connectivity index (χ0) is 68.2. The maximum atomic E-state index is 14.3. The number of halogens is 4. The molecule has 17 heteroatoms. The van der Waals surface area contributed by atoms with Gasteiger partial charge in [0, 0.05) is 49.2 Å². The van der Waals surface area contributed by atoms with Gasteiger partial charge in [-0.25, -0.2) is 36.7 Å². The van der Waals surface area contributed by atoms with E-state index in [0.717, 1.165) is 101 Å². The summed E-state index contributed by atoms with van der Waals surface area (Å²) < 4.78 is 70.4. The van der Waals surface area contributed by atoms with E-state index in [-0.39, 0.29) is 82.8 Å². The van der Waals surface area contributed by atoms with E-state index in [4.69, 9.17) is 14.2 Å². The molecule has 500 valence electrons. The van der Waals surface area contributed by atoms with E-state index < -0.39 is 53.8 Å². The first-order valence-electron chi connectivity index (χ1n) is 31.8. The minimum Gasteiger partial charge on any atom is -0.478 e. The van der Waals surface area contributed by atoms with Crippen molar-refractivity contribution in [2.75, 3.05) is 26.2 Å². The van der Waals surface area contributed by atoms with Gasteiger partial charge >= 0.3 is 24.0 Å². The lowest BCUT2D eigenvalue weighted by molar-refractivity contribution is -0.135. The number of benzene rings is 4. The number of carbonyl (C=O) groups excluding carboxylic acids is 5. The van der Waals surface area contributed by atoms with E-state index in [1.165, 1.54) is 42.5 Å². The number of carboxylic acid groups (broad SMARTS) is 1. The Kier molecular flexibility index (Phi) is 41.5. The third-order valence-corrected chi connectivity index (χ3v) is 13.0. The minimum absolute atomic E-state index is 0.00375. The van der Waals surface area contributed by atoms with Crippen molar-refractivity contribution in [3.8, 4) is 33.8 Å². The van der Waals surface area contributed by atoms with E-state index in [2.05, 4.69) is 151 Å². The average Bonchev–Trinajstić information content (AvgIpc) is 0.823. The summed E-state index contributed by atoms with van der Waals surface area (Å²) in [6.07, 6.45) is 62.7. The van der Waals surface area contributed by atoms with Crippen LogP contribution < -0.4 is 25.4 Å². The zero-order valence-corrected chi connectivity index (χ0v) is 54.1. The van der Waals surface area contributed by atoms with E-state index in [1.54, 1.807) is 6.92 Å². The number of amides is 3. The second-order valence-corrected chi connectivity index (χ2v) is 20.5. The predicted molar refractivity (Wildman–Crippen MR) is 367 cm³/mol. The summed E-state index contributed by atoms with van der Waals surface area (Å²) in [6.45, 7) is 5.78. The van der Waals surface area contributed by atoms with E-state index >= 15 is 0 Å². The molecular weight excluding hydrogens is 1200 g/mol. The van der Waals surface area contributed by atoms with E-state index in [9.17, 15) is 51.4 Å². The summed E-state index contributed by atoms with van der Waals surface area (Å²) in [7, 11) is 0. The van der Waals surface area contributed by atoms with Crippen LogP contribution in [0.15, 0.2) is 219 Å². The fourth-order valence-corrected chi connectivity index (χ4v) is 8.27. The summed E-state index contributed by atoms with van der Waals surface area (Å²) in [5.74, 6) is -7.05. The molecule has 0 spiro atoms. The van der Waals surface area contributed by atoms with Gasteiger partial charge in [-0.15, -0.1) is 0 Å². The second-order valence-electron chi connectivity index (χ2n) is 20.5. The van der Waals surface area contributed by atoms with Gasteiger partial charge in [-0.05, 0) is 156 Å². The molecule has 0 unspecified atom stereocenters. The van der Waals surface area contributed by atoms with Gasteiger partial charge in [0.25, 0.3) is 0 Å². The largest absolute Gasteiger partial charge is 0.478 e. The number of aromatic carboxylic acids is 1. The summed E-state index contributed by atoms with van der Waals surface area (Å²) in [5, 5.41) is 17.2. The molecule has 0 aliphatic rings. The van der Waals surface area contributed by atoms with Crippen LogP contribution >= 0.6 is 0 Å². The summed E-state index contributed by atoms with van der Waals surface area (Å²) in [5.41, 5.74) is 0.0392. The molecular formula is C77H89F4N3O10. The first kappa shape index (κ1) is 78.3. The monoisotopic (exact) mass is 1290 g/mol. The molecule has 0 aromatic heterocycles. The van der Waals surface area contributed by atoms with Crippen molar-refractivity contribution in [1.29, 1.82) is 0 Å². The quantitative estimate of drug-likeness (QED) is 0.0110. The molecule has 94 heavy (non-hydrogen) atoms. The number of esters is 2. The van der Waals surface area contributed by atoms with Crippen molar-refractivity contribution in [3.63, 3.8) is 0 Å². The zero-order valence-electron chi connectivity index (χ0n) is 54.1. The van der Waals surface area contributed by atoms with Gasteiger partial charge in [0.1, 0.15) is 52.4 Å². The van der Waals surface area contributed by atoms with Gasteiger partial charge in [-0.2, -0.15) is 0 Å². The van der Waals surface area contributed by atoms with Crippen molar-refractivity contribution < 1.29 is 65.6 Å². The third-order valence-electron chi connectivity index (χ3n) is 13.0. The van der Waals surface area contributed by atoms with Gasteiger partial charge in [-0.1, -0.05) is 172 Å². The molecule has 0 aliphatic heterocycles. The van der Waals surface area contributed by atoms with Gasteiger partial charge in [0.05, 0.1) is 6.61 Å². The Bertz CT molecular complexity index is 3390. The molecule has 4 aromatic rings. The van der Waals surface area contributed by atoms with Gasteiger partial charge in [-0.3, -0.25) is 9.59 Å². The topological polar surface area (TPSA) is 186 Å². The van der Waals surface area contributed by atoms with Gasteiger partial charge < -0.3 is 35.3 Å². The van der Waals surface area contributed by atoms with Crippen LogP contribution in [-0.4, -0.2) is 67.2 Å². The van der Waals surface area contributed by atoms with Crippen molar-refractivity contribution in [2.45, 2.75) is 124 Å². The number of ether oxygens (including phenoxy) is 3. The van der Waals surface area contributed by atoms with Crippen molar-refractivity contribution in [3.05, 3.63) is 253 Å². The highest BCUT2D eigenvalue weighted by Gasteiger charge is 2.21. The number of allylic oxidation sites excluding steroid dienone is 24. The standard InChI is InChI=1S/C40H48F2N2O5.C37H41F2NO5/c1-3-5-6-7-8-9-10-11-12-13-14-15-16-17-18-19-20-21-22-23-38(45)43-28-29-44-40(47)49-37-27-24-32(30-35(37)39(46)48-4-2)34-26-25-33(41)31-36(34)42;1-2-3-4-5-6-7-8-9-10-11-12-13-14-15-16-17-18-19-20-21-35(41)40-28-36(42)45-34-25-22-29(26-32(34)37(43)44)31-24-23-30(38)27-33(31)39/h5-6,8-9,11-12,14-15,17-18,20-21,24-27,30-31H,3-4,7,10,13,16,19,22-23,28-29H2,1-2H3,(H,43,45)(H,44,47);3-4,6-7,9-10,12-13,15-16,18-19,22-27H,2,5,8,11,14,17,20-21,28H2,1H3,(H,40,41)(H,43,44)/b6-5-,9-8-,12-11-,15-14-,18-17-,21-20-;4-3-,7-6-,10-9-,13-12-,16-15-,19-18-. The lowest BCUT2D eigenvalue weighted by Gasteiger charge is -2.13. The number of hydrogen-bond acceptors (Lipinski definition) is 9. The average molecular weight is 1290 g/mol. The van der Waals surface area contributed by atoms with Crippen molar-refractivity contribution >= 4 is 35.8 Å². The van der Waals surface area contributed by atoms with E-state index in [1.807, 2.05) is 24.3 Å². The van der Waals surface area contributed by atoms with Gasteiger partial charge in [0.15, 0.2) is 0 Å². The molecule has 0 saturated heterocycles. The van der Waals surface area contributed by atoms with Crippen LogP contribution in [0.2, 0.25) is 0 Å². The summed E-state index contributed by atoms with van der Waals surface area (Å²) in [4.78, 5) is 73.0. The van der Waals surface area contributed by atoms with Crippen LogP contribution in [0.25, 0.3) is 22.3 Å². The summed E-state index contributed by atoms with van der Waals surface area (Å²) in [6, 6.07) is 13.8. The highest BCUT2D eigenvalue weighted by Crippen LogP contribution is 2.31. The molecule has 0 saturated carbocycles. The Morgan fingerprint density at radius 3 is 1.16 bits per heavy atom. The molecule has 0 aliphatic carbocycles. The minimum atomic E-state index is -1.40. The van der Waals surface area contributed by atoms with E-state index in [0.29, 0.717) is 25.3 Å². The highest BCUT2D eigenvalue weighted by molar-refractivity contribution is 5.96. The number of carbonyl (C=O) groups is 6. The molecule has 3 amide bonds. The Morgan fingerprint density at radius 1 is 0.415 bits per heavy atom. The first-order valence-corrected chi connectivity index (χ1v) is 31.8. The number of carboxylic acids is 1. The fourth-order valence-electron chi connectivity index (χ4n) is 8.27. The van der Waals surface area contributed by atoms with Crippen LogP contribution in [0, 0.1) is 23.3 Å². The van der Waals surface area contributed by atoms with Crippen LogP contribution in [0.1, 0.15) is 144 Å². The van der Waals surface area contributed by atoms with Crippen molar-refractivity contribution in [1.82, 2.24) is 16.0 Å². The molecule has 0 fully saturated rings. The molecule has 4 N–H and O–H groups in total. The van der Waals surface area contributed by atoms with Crippen LogP contribution in [0.5, 0.6) is 11.5 Å². The number of hydrogen-bond donors (Lipinski definition) is 4. The molecule has 13 nitrogen and oxygen atoms in total. The predicted octanol–water partition coefficient (Wildman–Crippen LogP) is 18.3. The van der Waals surface area contributed by atoms with Crippen LogP contribution in [0.3, 0.4) is 0 Å². The molecule has 4 aromatic carbocycles. The highest BCUT2D eigenvalue weighted by atomic mass is 19.1. The van der Waals surface area contributed by atoms with Crippen molar-refractivity contribution in [2.24, 2.45) is 0 Å². The number of nitrogens with one attached hydrogen (secondary N) is 3. The molecule has 4 rings (SSSR count). The molecule has 0 bridgehead atoms. The molecule has 0 radical (unpaired) electrons. The Balaban J connectivity index is 0.000000492. The Morgan fingerprint density at radius 2 is 0.777 bits per heavy atom. The lowest BCUT2D eigenvalue weighted by Crippen LogP contribution is -2.36. The maximum absolute atomic E-state index is 14.3. The molecule has 0 heterocycles. The SMILES string of the molecule is CC/C=C\C/C=C\C/C=C\C/C=C\C/C=C\C/C=C\CCC(=O)NCC(=O)Oc1ccc(-c2ccc(F)cc2F)cc1C(=O)O.CC/C=C\C/C=C\C/C=C\C/C=C\C/C=C\C/C=C\CCC(=O)NCCNC(=O)Oc1ccc(-c2ccc(F)cc2F)cc1C(=O)OCC. The van der Waals surface area contributed by atoms with Crippen LogP contribution in [0.4, 0.5) is 22.4 Å². The van der Waals surface area contributed by atoms with Crippen LogP contribution in [-0.2, 0) is 19.1 Å². The lowest BCUT2D eigenvalue weighted by atomic mass is 10.0. The third kappa shape index (κ3) is 35.6. The second kappa shape index (κ2) is 49.8. The first-order chi connectivity index (χ1) is 45.7.